The second-order valence-corrected chi connectivity index (χ2v) is 8.65. The van der Waals surface area contributed by atoms with Crippen molar-refractivity contribution >= 4 is 16.7 Å². The van der Waals surface area contributed by atoms with Gasteiger partial charge in [-0.3, -0.25) is 0 Å². The molecule has 1 aliphatic rings. The van der Waals surface area contributed by atoms with Crippen molar-refractivity contribution in [2.75, 3.05) is 6.61 Å². The first-order valence-corrected chi connectivity index (χ1v) is 9.29. The third-order valence-electron chi connectivity index (χ3n) is 4.20. The molecular weight excluding hydrogens is 318 g/mol. The summed E-state index contributed by atoms with van der Waals surface area (Å²) in [6.07, 6.45) is 0. The van der Waals surface area contributed by atoms with Gasteiger partial charge in [0.15, 0.2) is 0 Å². The molecule has 0 bridgehead atoms. The number of benzene rings is 2. The number of nitrogens with zero attached hydrogens (tertiary/aromatic N) is 1. The van der Waals surface area contributed by atoms with Crippen LogP contribution in [0, 0.1) is 12.3 Å². The molecule has 0 aromatic heterocycles. The van der Waals surface area contributed by atoms with Gasteiger partial charge in [-0.15, -0.1) is 0 Å². The van der Waals surface area contributed by atoms with E-state index in [1.807, 2.05) is 55.5 Å². The highest BCUT2D eigenvalue weighted by molar-refractivity contribution is 7.85. The molecule has 1 aliphatic heterocycles. The van der Waals surface area contributed by atoms with Crippen LogP contribution in [-0.4, -0.2) is 22.8 Å². The lowest BCUT2D eigenvalue weighted by Gasteiger charge is -2.21. The predicted octanol–water partition coefficient (Wildman–Crippen LogP) is 4.35. The van der Waals surface area contributed by atoms with Gasteiger partial charge in [-0.05, 0) is 36.6 Å². The molecular formula is C20H23NO2S. The third kappa shape index (κ3) is 3.44. The second-order valence-electron chi connectivity index (χ2n) is 7.21. The van der Waals surface area contributed by atoms with Gasteiger partial charge in [0.05, 0.1) is 27.3 Å². The van der Waals surface area contributed by atoms with Gasteiger partial charge in [0, 0.05) is 4.90 Å². The Labute approximate surface area is 146 Å². The zero-order valence-corrected chi connectivity index (χ0v) is 15.4. The minimum Gasteiger partial charge on any atom is -0.475 e. The topological polar surface area (TPSA) is 38.7 Å². The average molecular weight is 341 g/mol. The number of rotatable bonds is 3. The van der Waals surface area contributed by atoms with Gasteiger partial charge in [-0.25, -0.2) is 9.20 Å². The molecule has 4 heteroatoms. The molecule has 0 fully saturated rings. The van der Waals surface area contributed by atoms with Gasteiger partial charge in [0.1, 0.15) is 6.61 Å². The van der Waals surface area contributed by atoms with Crippen molar-refractivity contribution in [3.05, 3.63) is 59.7 Å². The lowest BCUT2D eigenvalue weighted by molar-refractivity contribution is 0.235. The van der Waals surface area contributed by atoms with E-state index in [9.17, 15) is 4.21 Å². The Morgan fingerprint density at radius 1 is 1.08 bits per heavy atom. The van der Waals surface area contributed by atoms with Crippen molar-refractivity contribution in [1.82, 2.24) is 0 Å². The van der Waals surface area contributed by atoms with E-state index in [0.717, 1.165) is 20.9 Å². The first-order valence-electron chi connectivity index (χ1n) is 8.15. The molecule has 24 heavy (non-hydrogen) atoms. The first-order chi connectivity index (χ1) is 11.4. The van der Waals surface area contributed by atoms with Crippen molar-refractivity contribution in [3.63, 3.8) is 0 Å². The van der Waals surface area contributed by atoms with Crippen LogP contribution in [-0.2, 0) is 15.5 Å². The van der Waals surface area contributed by atoms with Crippen LogP contribution in [0.15, 0.2) is 63.3 Å². The highest BCUT2D eigenvalue weighted by Gasteiger charge is 2.31. The quantitative estimate of drug-likeness (QED) is 0.832. The van der Waals surface area contributed by atoms with Crippen LogP contribution in [0.3, 0.4) is 0 Å². The zero-order valence-electron chi connectivity index (χ0n) is 14.6. The summed E-state index contributed by atoms with van der Waals surface area (Å²) >= 11 is 0. The molecule has 1 unspecified atom stereocenters. The Morgan fingerprint density at radius 2 is 1.75 bits per heavy atom. The van der Waals surface area contributed by atoms with E-state index in [1.165, 1.54) is 0 Å². The molecule has 0 radical (unpaired) electrons. The molecule has 2 atom stereocenters. The summed E-state index contributed by atoms with van der Waals surface area (Å²) < 4.78 is 18.9. The molecule has 0 saturated heterocycles. The van der Waals surface area contributed by atoms with Gasteiger partial charge >= 0.3 is 0 Å². The van der Waals surface area contributed by atoms with Crippen molar-refractivity contribution in [3.8, 4) is 0 Å². The van der Waals surface area contributed by atoms with E-state index in [1.54, 1.807) is 0 Å². The molecule has 3 rings (SSSR count). The largest absolute Gasteiger partial charge is 0.475 e. The molecule has 0 saturated carbocycles. The Bertz CT molecular complexity index is 788. The zero-order chi connectivity index (χ0) is 17.3. The van der Waals surface area contributed by atoms with Crippen molar-refractivity contribution in [2.24, 2.45) is 10.4 Å². The number of aliphatic imine (C=N–C) groups is 1. The van der Waals surface area contributed by atoms with Gasteiger partial charge in [-0.2, -0.15) is 0 Å². The molecule has 0 N–H and O–H groups in total. The summed E-state index contributed by atoms with van der Waals surface area (Å²) in [6, 6.07) is 15.6. The molecule has 0 spiro atoms. The Hall–Kier alpha value is -1.94. The Morgan fingerprint density at radius 3 is 2.38 bits per heavy atom. The standard InChI is InChI=1S/C20H23NO2S/c1-14-9-11-15(12-10-14)24(22)17-8-6-5-7-16(17)19-21-18(13-23-19)20(2,3)4/h5-12,18H,13H2,1-4H3/t18?,24-/m0/s1. The Kier molecular flexibility index (Phi) is 4.59. The van der Waals surface area contributed by atoms with Gasteiger partial charge in [0.25, 0.3) is 0 Å². The first kappa shape index (κ1) is 16.9. The molecule has 3 nitrogen and oxygen atoms in total. The number of ether oxygens (including phenoxy) is 1. The summed E-state index contributed by atoms with van der Waals surface area (Å²) in [6.45, 7) is 9.07. The molecule has 2 aromatic carbocycles. The Balaban J connectivity index is 1.97. The van der Waals surface area contributed by atoms with Crippen LogP contribution in [0.4, 0.5) is 0 Å². The summed E-state index contributed by atoms with van der Waals surface area (Å²) in [5.41, 5.74) is 2.02. The van der Waals surface area contributed by atoms with Gasteiger partial charge < -0.3 is 4.74 Å². The minimum absolute atomic E-state index is 0.0484. The normalized spacial score (nSPS) is 18.8. The predicted molar refractivity (Wildman–Crippen MR) is 98.0 cm³/mol. The molecule has 0 amide bonds. The maximum Gasteiger partial charge on any atom is 0.217 e. The lowest BCUT2D eigenvalue weighted by Crippen LogP contribution is -2.25. The number of hydrogen-bond acceptors (Lipinski definition) is 3. The van der Waals surface area contributed by atoms with Crippen LogP contribution in [0.25, 0.3) is 0 Å². The third-order valence-corrected chi connectivity index (χ3v) is 5.66. The van der Waals surface area contributed by atoms with Gasteiger partial charge in [0.2, 0.25) is 5.90 Å². The average Bonchev–Trinajstić information content (AvgIpc) is 3.05. The van der Waals surface area contributed by atoms with Gasteiger partial charge in [-0.1, -0.05) is 50.6 Å². The summed E-state index contributed by atoms with van der Waals surface area (Å²) in [5, 5.41) is 0. The minimum atomic E-state index is -1.26. The number of hydrogen-bond donors (Lipinski definition) is 0. The van der Waals surface area contributed by atoms with E-state index in [-0.39, 0.29) is 11.5 Å². The van der Waals surface area contributed by atoms with E-state index in [2.05, 4.69) is 20.8 Å². The van der Waals surface area contributed by atoms with Crippen molar-refractivity contribution in [2.45, 2.75) is 43.5 Å². The molecule has 1 heterocycles. The highest BCUT2D eigenvalue weighted by Crippen LogP contribution is 2.29. The molecule has 0 aliphatic carbocycles. The van der Waals surface area contributed by atoms with E-state index in [0.29, 0.717) is 12.5 Å². The monoisotopic (exact) mass is 341 g/mol. The molecule has 2 aromatic rings. The summed E-state index contributed by atoms with van der Waals surface area (Å²) in [4.78, 5) is 6.28. The van der Waals surface area contributed by atoms with Crippen LogP contribution < -0.4 is 0 Å². The maximum absolute atomic E-state index is 13.0. The smallest absolute Gasteiger partial charge is 0.217 e. The lowest BCUT2D eigenvalue weighted by atomic mass is 9.88. The second kappa shape index (κ2) is 6.52. The summed E-state index contributed by atoms with van der Waals surface area (Å²) in [5.74, 6) is 0.603. The fourth-order valence-corrected chi connectivity index (χ4v) is 3.75. The maximum atomic E-state index is 13.0. The van der Waals surface area contributed by atoms with Crippen LogP contribution in [0.1, 0.15) is 31.9 Å². The van der Waals surface area contributed by atoms with E-state index in [4.69, 9.17) is 9.73 Å². The van der Waals surface area contributed by atoms with Crippen LogP contribution in [0.5, 0.6) is 0 Å². The van der Waals surface area contributed by atoms with Crippen molar-refractivity contribution < 1.29 is 8.95 Å². The highest BCUT2D eigenvalue weighted by atomic mass is 32.2. The van der Waals surface area contributed by atoms with E-state index >= 15 is 0 Å². The van der Waals surface area contributed by atoms with Crippen LogP contribution in [0.2, 0.25) is 0 Å². The molecule has 126 valence electrons. The van der Waals surface area contributed by atoms with E-state index < -0.39 is 10.8 Å². The van der Waals surface area contributed by atoms with Crippen molar-refractivity contribution in [1.29, 1.82) is 0 Å². The van der Waals surface area contributed by atoms with Crippen LogP contribution >= 0.6 is 0 Å². The SMILES string of the molecule is Cc1ccc([S@](=O)c2ccccc2C2=NC(C(C)(C)C)CO2)cc1. The fraction of sp³-hybridized carbons (Fsp3) is 0.350. The summed E-state index contributed by atoms with van der Waals surface area (Å²) in [7, 11) is -1.26. The number of aryl methyl sites for hydroxylation is 1. The fourth-order valence-electron chi connectivity index (χ4n) is 2.56.